The maximum Gasteiger partial charge on any atom is 0.237 e. The van der Waals surface area contributed by atoms with E-state index < -0.39 is 0 Å². The molecule has 1 amide bonds. The van der Waals surface area contributed by atoms with Gasteiger partial charge in [-0.3, -0.25) is 4.79 Å². The van der Waals surface area contributed by atoms with Crippen LogP contribution in [0.1, 0.15) is 38.7 Å². The Bertz CT molecular complexity index is 1120. The van der Waals surface area contributed by atoms with Crippen molar-refractivity contribution in [1.82, 2.24) is 10.2 Å². The minimum atomic E-state index is -0.295. The van der Waals surface area contributed by atoms with Crippen LogP contribution >= 0.6 is 11.8 Å². The van der Waals surface area contributed by atoms with E-state index in [9.17, 15) is 9.18 Å². The van der Waals surface area contributed by atoms with Gasteiger partial charge >= 0.3 is 0 Å². The van der Waals surface area contributed by atoms with Crippen molar-refractivity contribution in [3.05, 3.63) is 66.0 Å². The van der Waals surface area contributed by atoms with E-state index in [0.29, 0.717) is 16.6 Å². The fourth-order valence-electron chi connectivity index (χ4n) is 4.38. The molecule has 0 saturated heterocycles. The Balaban J connectivity index is 1.50. The van der Waals surface area contributed by atoms with Crippen molar-refractivity contribution >= 4 is 23.4 Å². The van der Waals surface area contributed by atoms with Gasteiger partial charge in [-0.1, -0.05) is 18.7 Å². The van der Waals surface area contributed by atoms with Gasteiger partial charge in [0.15, 0.2) is 0 Å². The molecule has 0 bridgehead atoms. The van der Waals surface area contributed by atoms with Gasteiger partial charge in [-0.25, -0.2) is 4.39 Å². The fourth-order valence-corrected chi connectivity index (χ4v) is 5.04. The van der Waals surface area contributed by atoms with Crippen molar-refractivity contribution < 1.29 is 13.9 Å². The molecule has 3 aromatic rings. The van der Waals surface area contributed by atoms with Crippen molar-refractivity contribution in [2.75, 3.05) is 17.8 Å². The number of anilines is 1. The molecule has 0 radical (unpaired) electrons. The number of methoxy groups -OCH3 is 1. The molecule has 166 valence electrons. The lowest BCUT2D eigenvalue weighted by molar-refractivity contribution is -0.117. The normalized spacial score (nSPS) is 17.0. The third-order valence-corrected chi connectivity index (χ3v) is 6.70. The van der Waals surface area contributed by atoms with Crippen LogP contribution in [0, 0.1) is 5.82 Å². The summed E-state index contributed by atoms with van der Waals surface area (Å²) in [5, 5.41) is 9.14. The zero-order valence-corrected chi connectivity index (χ0v) is 19.4. The first-order valence-electron chi connectivity index (χ1n) is 10.5. The van der Waals surface area contributed by atoms with Crippen molar-refractivity contribution in [1.29, 1.82) is 0 Å². The zero-order valence-electron chi connectivity index (χ0n) is 18.6. The molecule has 0 saturated carbocycles. The summed E-state index contributed by atoms with van der Waals surface area (Å²) in [5.41, 5.74) is 3.23. The van der Waals surface area contributed by atoms with E-state index in [0.717, 1.165) is 29.0 Å². The lowest BCUT2D eigenvalue weighted by Gasteiger charge is -2.46. The molecular weight excluding hydrogens is 425 g/mol. The van der Waals surface area contributed by atoms with Crippen LogP contribution in [0.5, 0.6) is 5.75 Å². The van der Waals surface area contributed by atoms with Crippen LogP contribution in [-0.4, -0.2) is 34.5 Å². The topological polar surface area (TPSA) is 55.3 Å². The number of fused-ring (bicyclic) bond motifs is 1. The molecule has 1 aromatic heterocycles. The number of aromatic nitrogens is 2. The highest BCUT2D eigenvalue weighted by atomic mass is 32.2. The standard InChI is InChI=1S/C25H26FN3O2S/c1-16-14-25(2,3)29(22-11-9-19(31-4)13-20(16)22)24(30)15-32-23-12-10-21(27-28-23)17-5-7-18(26)8-6-17/h5-13,16H,14-15H2,1-4H3/t16-/m1/s1. The second-order valence-corrected chi connectivity index (χ2v) is 9.62. The summed E-state index contributed by atoms with van der Waals surface area (Å²) >= 11 is 1.36. The smallest absolute Gasteiger partial charge is 0.237 e. The van der Waals surface area contributed by atoms with Crippen molar-refractivity contribution in [3.8, 4) is 17.0 Å². The molecule has 0 aliphatic carbocycles. The number of carbonyl (C=O) groups is 1. The summed E-state index contributed by atoms with van der Waals surface area (Å²) in [6.45, 7) is 6.40. The lowest BCUT2D eigenvalue weighted by Crippen LogP contribution is -2.52. The number of amides is 1. The first-order chi connectivity index (χ1) is 15.3. The third kappa shape index (κ3) is 4.48. The number of hydrogen-bond donors (Lipinski definition) is 0. The van der Waals surface area contributed by atoms with E-state index in [2.05, 4.69) is 31.0 Å². The molecular formula is C25H26FN3O2S. The van der Waals surface area contributed by atoms with E-state index in [4.69, 9.17) is 4.74 Å². The van der Waals surface area contributed by atoms with Gasteiger partial charge in [-0.05, 0) is 86.3 Å². The molecule has 1 aliphatic rings. The Morgan fingerprint density at radius 3 is 2.56 bits per heavy atom. The fraction of sp³-hybridized carbons (Fsp3) is 0.320. The summed E-state index contributed by atoms with van der Waals surface area (Å²) < 4.78 is 18.5. The average Bonchev–Trinajstić information content (AvgIpc) is 2.78. The second kappa shape index (κ2) is 8.90. The molecule has 0 fully saturated rings. The largest absolute Gasteiger partial charge is 0.497 e. The van der Waals surface area contributed by atoms with Crippen molar-refractivity contribution in [2.45, 2.75) is 43.7 Å². The summed E-state index contributed by atoms with van der Waals surface area (Å²) in [4.78, 5) is 15.2. The Morgan fingerprint density at radius 2 is 1.91 bits per heavy atom. The van der Waals surface area contributed by atoms with E-state index in [1.54, 1.807) is 19.2 Å². The van der Waals surface area contributed by atoms with Gasteiger partial charge in [0.2, 0.25) is 5.91 Å². The molecule has 5 nitrogen and oxygen atoms in total. The SMILES string of the molecule is COc1ccc2c(c1)[C@H](C)CC(C)(C)N2C(=O)CSc1ccc(-c2ccc(F)cc2)nn1. The van der Waals surface area contributed by atoms with Gasteiger partial charge in [0, 0.05) is 16.8 Å². The number of nitrogens with zero attached hydrogens (tertiary/aromatic N) is 3. The van der Waals surface area contributed by atoms with Gasteiger partial charge in [0.05, 0.1) is 18.6 Å². The van der Waals surface area contributed by atoms with Gasteiger partial charge in [0.25, 0.3) is 0 Å². The molecule has 32 heavy (non-hydrogen) atoms. The van der Waals surface area contributed by atoms with E-state index in [1.165, 1.54) is 23.9 Å². The van der Waals surface area contributed by atoms with Crippen LogP contribution in [0.15, 0.2) is 59.6 Å². The van der Waals surface area contributed by atoms with Crippen molar-refractivity contribution in [3.63, 3.8) is 0 Å². The Kier molecular flexibility index (Phi) is 6.20. The summed E-state index contributed by atoms with van der Waals surface area (Å²) in [6.07, 6.45) is 0.871. The molecule has 0 spiro atoms. The highest BCUT2D eigenvalue weighted by Crippen LogP contribution is 2.45. The van der Waals surface area contributed by atoms with E-state index in [-0.39, 0.29) is 23.0 Å². The molecule has 4 rings (SSSR count). The van der Waals surface area contributed by atoms with Crippen LogP contribution in [0.4, 0.5) is 10.1 Å². The van der Waals surface area contributed by atoms with Crippen LogP contribution in [-0.2, 0) is 4.79 Å². The maximum atomic E-state index is 13.3. The van der Waals surface area contributed by atoms with Crippen molar-refractivity contribution in [2.24, 2.45) is 0 Å². The lowest BCUT2D eigenvalue weighted by atomic mass is 9.80. The number of benzene rings is 2. The van der Waals surface area contributed by atoms with Crippen LogP contribution < -0.4 is 9.64 Å². The number of hydrogen-bond acceptors (Lipinski definition) is 5. The first kappa shape index (κ1) is 22.3. The number of carbonyl (C=O) groups excluding carboxylic acids is 1. The Morgan fingerprint density at radius 1 is 1.16 bits per heavy atom. The predicted octanol–water partition coefficient (Wildman–Crippen LogP) is 5.70. The van der Waals surface area contributed by atoms with Gasteiger partial charge in [0.1, 0.15) is 16.6 Å². The Labute approximate surface area is 192 Å². The molecule has 2 heterocycles. The molecule has 1 atom stereocenters. The highest BCUT2D eigenvalue weighted by Gasteiger charge is 2.39. The summed E-state index contributed by atoms with van der Waals surface area (Å²) in [6, 6.07) is 15.7. The quantitative estimate of drug-likeness (QED) is 0.466. The summed E-state index contributed by atoms with van der Waals surface area (Å²) in [5.74, 6) is 1.13. The predicted molar refractivity (Wildman–Crippen MR) is 126 cm³/mol. The number of rotatable bonds is 5. The molecule has 0 N–H and O–H groups in total. The molecule has 1 aliphatic heterocycles. The zero-order chi connectivity index (χ0) is 22.9. The van der Waals surface area contributed by atoms with Gasteiger partial charge in [-0.2, -0.15) is 0 Å². The maximum absolute atomic E-state index is 13.3. The van der Waals surface area contributed by atoms with Gasteiger partial charge < -0.3 is 9.64 Å². The van der Waals surface area contributed by atoms with Crippen LogP contribution in [0.2, 0.25) is 0 Å². The van der Waals surface area contributed by atoms with Crippen LogP contribution in [0.3, 0.4) is 0 Å². The second-order valence-electron chi connectivity index (χ2n) is 8.62. The highest BCUT2D eigenvalue weighted by molar-refractivity contribution is 7.99. The van der Waals surface area contributed by atoms with Crippen LogP contribution in [0.25, 0.3) is 11.3 Å². The Hall–Kier alpha value is -2.93. The third-order valence-electron chi connectivity index (χ3n) is 5.79. The van der Waals surface area contributed by atoms with Gasteiger partial charge in [-0.15, -0.1) is 10.2 Å². The van der Waals surface area contributed by atoms with E-state index in [1.807, 2.05) is 35.2 Å². The number of thioether (sulfide) groups is 1. The first-order valence-corrected chi connectivity index (χ1v) is 11.5. The monoisotopic (exact) mass is 451 g/mol. The molecule has 2 aromatic carbocycles. The molecule has 7 heteroatoms. The minimum absolute atomic E-state index is 0.0303. The molecule has 0 unspecified atom stereocenters. The minimum Gasteiger partial charge on any atom is -0.497 e. The number of ether oxygens (including phenoxy) is 1. The average molecular weight is 452 g/mol. The summed E-state index contributed by atoms with van der Waals surface area (Å²) in [7, 11) is 1.65. The number of halogens is 1. The van der Waals surface area contributed by atoms with E-state index >= 15 is 0 Å².